The maximum atomic E-state index is 12.8. The predicted octanol–water partition coefficient (Wildman–Crippen LogP) is 3.25. The number of nitrogens with one attached hydrogen (secondary N) is 1. The molecule has 0 radical (unpaired) electrons. The van der Waals surface area contributed by atoms with Crippen LogP contribution in [0.15, 0.2) is 52.9 Å². The zero-order valence-electron chi connectivity index (χ0n) is 18.3. The molecule has 168 valence electrons. The Kier molecular flexibility index (Phi) is 7.43. The third-order valence-electron chi connectivity index (χ3n) is 4.65. The molecule has 1 aromatic heterocycles. The van der Waals surface area contributed by atoms with Crippen molar-refractivity contribution in [2.24, 2.45) is 5.92 Å². The lowest BCUT2D eigenvalue weighted by molar-refractivity contribution is -0.149. The van der Waals surface area contributed by atoms with Crippen molar-refractivity contribution in [1.82, 2.24) is 15.5 Å². The van der Waals surface area contributed by atoms with Crippen LogP contribution in [0.1, 0.15) is 30.1 Å². The lowest BCUT2D eigenvalue weighted by Crippen LogP contribution is -2.45. The topological polar surface area (TPSA) is 113 Å². The average Bonchev–Trinajstić information content (AvgIpc) is 3.30. The first kappa shape index (κ1) is 22.8. The molecular weight excluding hydrogens is 414 g/mol. The summed E-state index contributed by atoms with van der Waals surface area (Å²) in [5.41, 5.74) is 1.06. The van der Waals surface area contributed by atoms with E-state index in [1.807, 2.05) is 30.3 Å². The van der Waals surface area contributed by atoms with Crippen LogP contribution in [0.4, 0.5) is 0 Å². The molecule has 2 aromatic carbocycles. The molecule has 0 aliphatic rings. The number of benzene rings is 2. The van der Waals surface area contributed by atoms with Crippen molar-refractivity contribution >= 4 is 11.9 Å². The Bertz CT molecular complexity index is 1040. The molecule has 0 spiro atoms. The van der Waals surface area contributed by atoms with E-state index in [0.717, 1.165) is 5.56 Å². The summed E-state index contributed by atoms with van der Waals surface area (Å²) in [5, 5.41) is 10.6. The molecule has 0 aliphatic carbocycles. The van der Waals surface area contributed by atoms with Gasteiger partial charge in [0.25, 0.3) is 11.8 Å². The number of aromatic nitrogens is 2. The summed E-state index contributed by atoms with van der Waals surface area (Å²) in [6, 6.07) is 13.1. The molecule has 0 saturated heterocycles. The molecule has 1 amide bonds. The number of amides is 1. The number of nitrogens with zero attached hydrogens (tertiary/aromatic N) is 2. The normalized spacial score (nSPS) is 11.7. The number of methoxy groups -OCH3 is 2. The van der Waals surface area contributed by atoms with E-state index in [1.165, 1.54) is 14.2 Å². The van der Waals surface area contributed by atoms with Gasteiger partial charge in [-0.2, -0.15) is 0 Å². The van der Waals surface area contributed by atoms with Crippen LogP contribution < -0.4 is 14.8 Å². The van der Waals surface area contributed by atoms with E-state index in [9.17, 15) is 9.59 Å². The molecule has 1 N–H and O–H groups in total. The van der Waals surface area contributed by atoms with E-state index >= 15 is 0 Å². The summed E-state index contributed by atoms with van der Waals surface area (Å²) in [6.45, 7) is 3.40. The summed E-state index contributed by atoms with van der Waals surface area (Å²) in [4.78, 5) is 25.4. The van der Waals surface area contributed by atoms with E-state index in [1.54, 1.807) is 32.0 Å². The van der Waals surface area contributed by atoms with Crippen molar-refractivity contribution in [1.29, 1.82) is 0 Å². The van der Waals surface area contributed by atoms with Gasteiger partial charge >= 0.3 is 5.97 Å². The monoisotopic (exact) mass is 439 g/mol. The SMILES string of the molecule is COc1cc(OC)cc(C(=O)N[C@H](C(=O)OCc2nnc(-c3ccccc3)o2)C(C)C)c1. The average molecular weight is 439 g/mol. The fraction of sp³-hybridized carbons (Fsp3) is 0.304. The Morgan fingerprint density at radius 2 is 1.66 bits per heavy atom. The number of carbonyl (C=O) groups is 2. The summed E-state index contributed by atoms with van der Waals surface area (Å²) in [6.07, 6.45) is 0. The van der Waals surface area contributed by atoms with Gasteiger partial charge in [-0.05, 0) is 30.2 Å². The lowest BCUT2D eigenvalue weighted by Gasteiger charge is -2.20. The molecule has 3 aromatic rings. The van der Waals surface area contributed by atoms with Crippen LogP contribution in [-0.2, 0) is 16.1 Å². The quantitative estimate of drug-likeness (QED) is 0.506. The van der Waals surface area contributed by atoms with Crippen molar-refractivity contribution in [3.8, 4) is 23.0 Å². The summed E-state index contributed by atoms with van der Waals surface area (Å²) in [7, 11) is 2.98. The van der Waals surface area contributed by atoms with Crippen molar-refractivity contribution < 1.29 is 28.2 Å². The van der Waals surface area contributed by atoms with E-state index in [4.69, 9.17) is 18.6 Å². The highest BCUT2D eigenvalue weighted by Crippen LogP contribution is 2.23. The minimum Gasteiger partial charge on any atom is -0.497 e. The summed E-state index contributed by atoms with van der Waals surface area (Å²) in [5.74, 6) is 0.125. The predicted molar refractivity (Wildman–Crippen MR) is 115 cm³/mol. The van der Waals surface area contributed by atoms with Gasteiger partial charge in [-0.1, -0.05) is 32.0 Å². The molecule has 0 unspecified atom stereocenters. The van der Waals surface area contributed by atoms with Crippen molar-refractivity contribution in [2.75, 3.05) is 14.2 Å². The van der Waals surface area contributed by atoms with Crippen LogP contribution in [0.25, 0.3) is 11.5 Å². The number of hydrogen-bond acceptors (Lipinski definition) is 8. The molecule has 0 saturated carbocycles. The van der Waals surface area contributed by atoms with Gasteiger partial charge in [0.15, 0.2) is 6.61 Å². The number of ether oxygens (including phenoxy) is 3. The number of rotatable bonds is 9. The van der Waals surface area contributed by atoms with Crippen molar-refractivity contribution in [3.05, 3.63) is 60.0 Å². The standard InChI is InChI=1S/C23H25N3O6/c1-14(2)20(24-21(27)16-10-17(29-3)12-18(11-16)30-4)23(28)31-13-19-25-26-22(32-19)15-8-6-5-7-9-15/h5-12,14,20H,13H2,1-4H3,(H,24,27)/t20-/m0/s1. The number of esters is 1. The van der Waals surface area contributed by atoms with Gasteiger partial charge in [0.05, 0.1) is 14.2 Å². The lowest BCUT2D eigenvalue weighted by atomic mass is 10.0. The van der Waals surface area contributed by atoms with Gasteiger partial charge in [-0.15, -0.1) is 10.2 Å². The first-order valence-corrected chi connectivity index (χ1v) is 9.99. The third kappa shape index (κ3) is 5.63. The second-order valence-corrected chi connectivity index (χ2v) is 7.27. The van der Waals surface area contributed by atoms with Gasteiger partial charge in [-0.25, -0.2) is 4.79 Å². The fourth-order valence-corrected chi connectivity index (χ4v) is 2.89. The second-order valence-electron chi connectivity index (χ2n) is 7.27. The van der Waals surface area contributed by atoms with Crippen molar-refractivity contribution in [3.63, 3.8) is 0 Å². The minimum atomic E-state index is -0.879. The first-order valence-electron chi connectivity index (χ1n) is 9.99. The van der Waals surface area contributed by atoms with E-state index in [-0.39, 0.29) is 18.4 Å². The van der Waals surface area contributed by atoms with Crippen LogP contribution in [0, 0.1) is 5.92 Å². The maximum Gasteiger partial charge on any atom is 0.329 e. The van der Waals surface area contributed by atoms with Gasteiger partial charge in [-0.3, -0.25) is 4.79 Å². The highest BCUT2D eigenvalue weighted by Gasteiger charge is 2.27. The molecule has 32 heavy (non-hydrogen) atoms. The van der Waals surface area contributed by atoms with E-state index in [0.29, 0.717) is 23.0 Å². The Morgan fingerprint density at radius 1 is 1.00 bits per heavy atom. The fourth-order valence-electron chi connectivity index (χ4n) is 2.89. The molecule has 3 rings (SSSR count). The van der Waals surface area contributed by atoms with E-state index in [2.05, 4.69) is 15.5 Å². The number of carbonyl (C=O) groups excluding carboxylic acids is 2. The van der Waals surface area contributed by atoms with Crippen LogP contribution in [-0.4, -0.2) is 42.3 Å². The van der Waals surface area contributed by atoms with Crippen LogP contribution in [0.5, 0.6) is 11.5 Å². The Balaban J connectivity index is 1.65. The Morgan fingerprint density at radius 3 is 2.25 bits per heavy atom. The van der Waals surface area contributed by atoms with Gasteiger partial charge < -0.3 is 23.9 Å². The van der Waals surface area contributed by atoms with Crippen LogP contribution >= 0.6 is 0 Å². The maximum absolute atomic E-state index is 12.8. The summed E-state index contributed by atoms with van der Waals surface area (Å²) < 4.78 is 21.3. The van der Waals surface area contributed by atoms with Gasteiger partial charge in [0.2, 0.25) is 5.89 Å². The third-order valence-corrected chi connectivity index (χ3v) is 4.65. The molecule has 1 atom stereocenters. The Labute approximate surface area is 185 Å². The highest BCUT2D eigenvalue weighted by atomic mass is 16.5. The molecule has 9 heteroatoms. The zero-order chi connectivity index (χ0) is 23.1. The molecular formula is C23H25N3O6. The smallest absolute Gasteiger partial charge is 0.329 e. The largest absolute Gasteiger partial charge is 0.497 e. The second kappa shape index (κ2) is 10.4. The molecule has 9 nitrogen and oxygen atoms in total. The van der Waals surface area contributed by atoms with Gasteiger partial charge in [0, 0.05) is 17.2 Å². The van der Waals surface area contributed by atoms with Gasteiger partial charge in [0.1, 0.15) is 17.5 Å². The molecule has 0 fully saturated rings. The van der Waals surface area contributed by atoms with Crippen LogP contribution in [0.2, 0.25) is 0 Å². The first-order chi connectivity index (χ1) is 15.4. The van der Waals surface area contributed by atoms with E-state index < -0.39 is 17.9 Å². The molecule has 0 aliphatic heterocycles. The Hall–Kier alpha value is -3.88. The number of hydrogen-bond donors (Lipinski definition) is 1. The molecule has 1 heterocycles. The zero-order valence-corrected chi connectivity index (χ0v) is 18.3. The summed E-state index contributed by atoms with van der Waals surface area (Å²) >= 11 is 0. The molecule has 0 bridgehead atoms. The van der Waals surface area contributed by atoms with Crippen LogP contribution in [0.3, 0.4) is 0 Å². The minimum absolute atomic E-state index is 0.156. The highest BCUT2D eigenvalue weighted by molar-refractivity contribution is 5.97. The van der Waals surface area contributed by atoms with Crippen molar-refractivity contribution in [2.45, 2.75) is 26.5 Å².